The number of amides is 1. The largest absolute Gasteiger partial charge is 0.482 e. The van der Waals surface area contributed by atoms with E-state index in [1.807, 2.05) is 0 Å². The van der Waals surface area contributed by atoms with E-state index >= 15 is 0 Å². The molecule has 0 saturated heterocycles. The molecule has 0 aliphatic heterocycles. The van der Waals surface area contributed by atoms with E-state index in [1.165, 1.54) is 12.1 Å². The molecule has 1 atom stereocenters. The van der Waals surface area contributed by atoms with E-state index in [4.69, 9.17) is 20.7 Å². The Morgan fingerprint density at radius 1 is 1.19 bits per heavy atom. The fourth-order valence-electron chi connectivity index (χ4n) is 1.56. The molecule has 0 spiro atoms. The minimum atomic E-state index is -1.16. The van der Waals surface area contributed by atoms with Crippen LogP contribution in [-0.2, 0) is 20.8 Å². The van der Waals surface area contributed by atoms with Gasteiger partial charge in [0.25, 0.3) is 0 Å². The van der Waals surface area contributed by atoms with Crippen LogP contribution in [0.15, 0.2) is 24.3 Å². The first-order valence-electron chi connectivity index (χ1n) is 6.08. The average molecular weight is 296 g/mol. The molecule has 0 aliphatic rings. The van der Waals surface area contributed by atoms with Gasteiger partial charge in [0.05, 0.1) is 6.54 Å². The van der Waals surface area contributed by atoms with Gasteiger partial charge in [0.1, 0.15) is 11.8 Å². The lowest BCUT2D eigenvalue weighted by atomic mass is 10.1. The first-order chi connectivity index (χ1) is 9.92. The van der Waals surface area contributed by atoms with Crippen LogP contribution in [0.3, 0.4) is 0 Å². The van der Waals surface area contributed by atoms with Crippen molar-refractivity contribution in [3.05, 3.63) is 29.8 Å². The van der Waals surface area contributed by atoms with Gasteiger partial charge in [-0.05, 0) is 17.7 Å². The standard InChI is InChI=1S/C13H16N2O6/c14-6-11(16)15-10(13(19)20)5-8-1-3-9(4-2-8)21-7-12(17)18/h1-4,10H,5-7,14H2,(H,15,16)(H,17,18)(H,19,20)/t10-/m0/s1. The van der Waals surface area contributed by atoms with Crippen LogP contribution >= 0.6 is 0 Å². The number of aliphatic carboxylic acids is 2. The molecule has 0 unspecified atom stereocenters. The number of hydrogen-bond donors (Lipinski definition) is 4. The van der Waals surface area contributed by atoms with Crippen LogP contribution in [0.25, 0.3) is 0 Å². The Hall–Kier alpha value is -2.61. The molecule has 8 heteroatoms. The van der Waals surface area contributed by atoms with Gasteiger partial charge in [-0.3, -0.25) is 4.79 Å². The molecule has 1 aromatic carbocycles. The fraction of sp³-hybridized carbons (Fsp3) is 0.308. The molecule has 1 aromatic rings. The summed E-state index contributed by atoms with van der Waals surface area (Å²) in [6.07, 6.45) is 0.0836. The van der Waals surface area contributed by atoms with Gasteiger partial charge in [-0.2, -0.15) is 0 Å². The topological polar surface area (TPSA) is 139 Å². The fourth-order valence-corrected chi connectivity index (χ4v) is 1.56. The van der Waals surface area contributed by atoms with Crippen molar-refractivity contribution in [3.63, 3.8) is 0 Å². The highest BCUT2D eigenvalue weighted by Gasteiger charge is 2.19. The van der Waals surface area contributed by atoms with Gasteiger partial charge < -0.3 is 26.0 Å². The maximum absolute atomic E-state index is 11.1. The molecule has 0 aromatic heterocycles. The number of carbonyl (C=O) groups excluding carboxylic acids is 1. The van der Waals surface area contributed by atoms with E-state index in [2.05, 4.69) is 5.32 Å². The van der Waals surface area contributed by atoms with Crippen molar-refractivity contribution in [2.75, 3.05) is 13.2 Å². The Balaban J connectivity index is 2.65. The molecule has 114 valence electrons. The Bertz CT molecular complexity index is 514. The molecular weight excluding hydrogens is 280 g/mol. The molecule has 1 amide bonds. The predicted molar refractivity (Wildman–Crippen MR) is 71.9 cm³/mol. The van der Waals surface area contributed by atoms with Gasteiger partial charge >= 0.3 is 11.9 Å². The van der Waals surface area contributed by atoms with E-state index in [9.17, 15) is 14.4 Å². The number of nitrogens with one attached hydrogen (secondary N) is 1. The van der Waals surface area contributed by atoms with Crippen molar-refractivity contribution in [1.29, 1.82) is 0 Å². The number of ether oxygens (including phenoxy) is 1. The minimum Gasteiger partial charge on any atom is -0.482 e. The molecule has 0 aliphatic carbocycles. The van der Waals surface area contributed by atoms with Crippen molar-refractivity contribution in [2.24, 2.45) is 5.73 Å². The highest BCUT2D eigenvalue weighted by Crippen LogP contribution is 2.13. The van der Waals surface area contributed by atoms with Crippen LogP contribution in [0, 0.1) is 0 Å². The third-order valence-electron chi connectivity index (χ3n) is 2.54. The zero-order valence-electron chi connectivity index (χ0n) is 11.1. The van der Waals surface area contributed by atoms with E-state index in [-0.39, 0.29) is 13.0 Å². The molecule has 0 bridgehead atoms. The molecule has 21 heavy (non-hydrogen) atoms. The molecule has 8 nitrogen and oxygen atoms in total. The quantitative estimate of drug-likeness (QED) is 0.493. The summed E-state index contributed by atoms with van der Waals surface area (Å²) >= 11 is 0. The Morgan fingerprint density at radius 3 is 2.29 bits per heavy atom. The average Bonchev–Trinajstić information content (AvgIpc) is 2.45. The molecule has 1 rings (SSSR count). The van der Waals surface area contributed by atoms with Gasteiger partial charge in [-0.25, -0.2) is 9.59 Å². The van der Waals surface area contributed by atoms with Gasteiger partial charge in [-0.15, -0.1) is 0 Å². The first kappa shape index (κ1) is 16.4. The highest BCUT2D eigenvalue weighted by atomic mass is 16.5. The summed E-state index contributed by atoms with van der Waals surface area (Å²) in [6.45, 7) is -0.741. The van der Waals surface area contributed by atoms with Gasteiger partial charge in [0.2, 0.25) is 5.91 Å². The van der Waals surface area contributed by atoms with Crippen molar-refractivity contribution in [3.8, 4) is 5.75 Å². The van der Waals surface area contributed by atoms with Gasteiger partial charge in [0, 0.05) is 6.42 Å². The lowest BCUT2D eigenvalue weighted by Crippen LogP contribution is -2.44. The second kappa shape index (κ2) is 7.85. The summed E-state index contributed by atoms with van der Waals surface area (Å²) in [4.78, 5) is 32.5. The Kier molecular flexibility index (Phi) is 6.15. The maximum Gasteiger partial charge on any atom is 0.341 e. The Morgan fingerprint density at radius 2 is 1.81 bits per heavy atom. The first-order valence-corrected chi connectivity index (χ1v) is 6.08. The van der Waals surface area contributed by atoms with Gasteiger partial charge in [-0.1, -0.05) is 12.1 Å². The zero-order chi connectivity index (χ0) is 15.8. The monoisotopic (exact) mass is 296 g/mol. The number of carboxylic acids is 2. The molecule has 0 heterocycles. The summed E-state index contributed by atoms with van der Waals surface area (Å²) < 4.78 is 4.95. The molecular formula is C13H16N2O6. The van der Waals surface area contributed by atoms with Crippen LogP contribution in [0.4, 0.5) is 0 Å². The van der Waals surface area contributed by atoms with Crippen LogP contribution < -0.4 is 15.8 Å². The predicted octanol–water partition coefficient (Wildman–Crippen LogP) is -0.779. The van der Waals surface area contributed by atoms with Crippen molar-refractivity contribution in [2.45, 2.75) is 12.5 Å². The summed E-state index contributed by atoms with van der Waals surface area (Å²) in [5.74, 6) is -2.44. The van der Waals surface area contributed by atoms with Crippen molar-refractivity contribution >= 4 is 17.8 Å². The zero-order valence-corrected chi connectivity index (χ0v) is 11.1. The molecule has 0 saturated carbocycles. The van der Waals surface area contributed by atoms with E-state index in [1.54, 1.807) is 12.1 Å². The van der Waals surface area contributed by atoms with Crippen molar-refractivity contribution < 1.29 is 29.3 Å². The smallest absolute Gasteiger partial charge is 0.341 e. The van der Waals surface area contributed by atoms with Crippen LogP contribution in [-0.4, -0.2) is 47.3 Å². The van der Waals surface area contributed by atoms with Gasteiger partial charge in [0.15, 0.2) is 6.61 Å². The van der Waals surface area contributed by atoms with E-state index in [0.717, 1.165) is 0 Å². The van der Waals surface area contributed by atoms with E-state index < -0.39 is 30.5 Å². The minimum absolute atomic E-state index is 0.0836. The number of carbonyl (C=O) groups is 3. The number of benzene rings is 1. The molecule has 0 fully saturated rings. The van der Waals surface area contributed by atoms with Crippen LogP contribution in [0.2, 0.25) is 0 Å². The number of rotatable bonds is 8. The molecule has 5 N–H and O–H groups in total. The van der Waals surface area contributed by atoms with Crippen molar-refractivity contribution in [1.82, 2.24) is 5.32 Å². The SMILES string of the molecule is NCC(=O)N[C@@H](Cc1ccc(OCC(=O)O)cc1)C(=O)O. The summed E-state index contributed by atoms with van der Waals surface area (Å²) in [5.41, 5.74) is 5.78. The highest BCUT2D eigenvalue weighted by molar-refractivity contribution is 5.84. The third-order valence-corrected chi connectivity index (χ3v) is 2.54. The second-order valence-corrected chi connectivity index (χ2v) is 4.19. The molecule has 0 radical (unpaired) electrons. The normalized spacial score (nSPS) is 11.5. The third kappa shape index (κ3) is 5.91. The van der Waals surface area contributed by atoms with Crippen LogP contribution in [0.1, 0.15) is 5.56 Å². The maximum atomic E-state index is 11.1. The van der Waals surface area contributed by atoms with Crippen LogP contribution in [0.5, 0.6) is 5.75 Å². The Labute approximate surface area is 120 Å². The number of hydrogen-bond acceptors (Lipinski definition) is 5. The summed E-state index contributed by atoms with van der Waals surface area (Å²) in [5, 5.41) is 19.8. The summed E-state index contributed by atoms with van der Waals surface area (Å²) in [7, 11) is 0. The van der Waals surface area contributed by atoms with E-state index in [0.29, 0.717) is 11.3 Å². The summed E-state index contributed by atoms with van der Waals surface area (Å²) in [6, 6.07) is 5.18. The number of nitrogens with two attached hydrogens (primary N) is 1. The second-order valence-electron chi connectivity index (χ2n) is 4.19. The lowest BCUT2D eigenvalue weighted by Gasteiger charge is -2.14. The number of carboxylic acid groups (broad SMARTS) is 2. The lowest BCUT2D eigenvalue weighted by molar-refractivity contribution is -0.141.